The van der Waals surface area contributed by atoms with Gasteiger partial charge in [-0.25, -0.2) is 17.7 Å². The lowest BCUT2D eigenvalue weighted by Gasteiger charge is -2.23. The van der Waals surface area contributed by atoms with Crippen molar-refractivity contribution >= 4 is 40.0 Å². The molecule has 0 aliphatic carbocycles. The summed E-state index contributed by atoms with van der Waals surface area (Å²) in [6, 6.07) is 6.96. The van der Waals surface area contributed by atoms with E-state index in [-0.39, 0.29) is 24.0 Å². The highest BCUT2D eigenvalue weighted by atomic mass is 127. The quantitative estimate of drug-likeness (QED) is 0.405. The van der Waals surface area contributed by atoms with Crippen LogP contribution in [0.3, 0.4) is 0 Å². The minimum atomic E-state index is -3.46. The molecule has 0 saturated heterocycles. The van der Waals surface area contributed by atoms with Gasteiger partial charge in [0.15, 0.2) is 5.96 Å². The number of sulfonamides is 1. The standard InChI is InChI=1S/C14H24N4O2S.HI/c1-16(2)14(17(3)4)15-11-12-9-7-8-10-13(12)21(19,20)18(5)6;/h7-10H,11H2,1-6H3;1H. The number of halogens is 1. The second kappa shape index (κ2) is 8.68. The van der Waals surface area contributed by atoms with E-state index < -0.39 is 10.0 Å². The van der Waals surface area contributed by atoms with Crippen LogP contribution in [0.15, 0.2) is 34.2 Å². The fourth-order valence-corrected chi connectivity index (χ4v) is 3.03. The molecule has 6 nitrogen and oxygen atoms in total. The maximum absolute atomic E-state index is 12.3. The van der Waals surface area contributed by atoms with Crippen molar-refractivity contribution in [1.82, 2.24) is 14.1 Å². The van der Waals surface area contributed by atoms with Crippen LogP contribution in [-0.4, -0.2) is 70.8 Å². The molecule has 8 heteroatoms. The second-order valence-corrected chi connectivity index (χ2v) is 7.42. The predicted octanol–water partition coefficient (Wildman–Crippen LogP) is 1.53. The van der Waals surface area contributed by atoms with Crippen molar-refractivity contribution in [1.29, 1.82) is 0 Å². The molecule has 0 N–H and O–H groups in total. The third kappa shape index (κ3) is 5.10. The van der Waals surface area contributed by atoms with E-state index in [1.165, 1.54) is 18.4 Å². The van der Waals surface area contributed by atoms with Crippen LogP contribution >= 0.6 is 24.0 Å². The molecule has 0 radical (unpaired) electrons. The Labute approximate surface area is 150 Å². The van der Waals surface area contributed by atoms with Crippen LogP contribution in [0.2, 0.25) is 0 Å². The molecule has 1 aromatic rings. The molecule has 0 amide bonds. The van der Waals surface area contributed by atoms with Crippen molar-refractivity contribution in [3.05, 3.63) is 29.8 Å². The topological polar surface area (TPSA) is 56.2 Å². The Morgan fingerprint density at radius 1 is 1.00 bits per heavy atom. The normalized spacial score (nSPS) is 10.9. The molecule has 0 spiro atoms. The van der Waals surface area contributed by atoms with E-state index in [0.29, 0.717) is 17.0 Å². The summed E-state index contributed by atoms with van der Waals surface area (Å²) < 4.78 is 25.9. The van der Waals surface area contributed by atoms with Crippen molar-refractivity contribution < 1.29 is 8.42 Å². The monoisotopic (exact) mass is 440 g/mol. The van der Waals surface area contributed by atoms with Crippen molar-refractivity contribution in [2.75, 3.05) is 42.3 Å². The first-order valence-corrected chi connectivity index (χ1v) is 8.01. The van der Waals surface area contributed by atoms with E-state index in [4.69, 9.17) is 0 Å². The summed E-state index contributed by atoms with van der Waals surface area (Å²) in [7, 11) is 7.21. The average molecular weight is 440 g/mol. The first kappa shape index (κ1) is 21.1. The maximum Gasteiger partial charge on any atom is 0.242 e. The average Bonchev–Trinajstić information content (AvgIpc) is 2.38. The Bertz CT molecular complexity index is 603. The molecule has 22 heavy (non-hydrogen) atoms. The highest BCUT2D eigenvalue weighted by Crippen LogP contribution is 2.19. The van der Waals surface area contributed by atoms with Gasteiger partial charge >= 0.3 is 0 Å². The van der Waals surface area contributed by atoms with Crippen LogP contribution in [0.1, 0.15) is 5.56 Å². The highest BCUT2D eigenvalue weighted by Gasteiger charge is 2.20. The van der Waals surface area contributed by atoms with Crippen molar-refractivity contribution in [3.63, 3.8) is 0 Å². The molecule has 0 bridgehead atoms. The number of rotatable bonds is 4. The number of aliphatic imine (C=N–C) groups is 1. The van der Waals surface area contributed by atoms with Gasteiger partial charge in [-0.15, -0.1) is 24.0 Å². The van der Waals surface area contributed by atoms with Crippen molar-refractivity contribution in [2.24, 2.45) is 4.99 Å². The molecule has 0 aliphatic heterocycles. The molecule has 1 aromatic carbocycles. The minimum Gasteiger partial charge on any atom is -0.349 e. The lowest BCUT2D eigenvalue weighted by Crippen LogP contribution is -2.35. The molecule has 0 aromatic heterocycles. The Kier molecular flexibility index (Phi) is 8.34. The Morgan fingerprint density at radius 2 is 1.50 bits per heavy atom. The third-order valence-corrected chi connectivity index (χ3v) is 4.84. The molecule has 0 unspecified atom stereocenters. The smallest absolute Gasteiger partial charge is 0.242 e. The van der Waals surface area contributed by atoms with Gasteiger partial charge in [-0.2, -0.15) is 0 Å². The fourth-order valence-electron chi connectivity index (χ4n) is 1.92. The van der Waals surface area contributed by atoms with E-state index in [0.717, 1.165) is 5.96 Å². The van der Waals surface area contributed by atoms with E-state index >= 15 is 0 Å². The summed E-state index contributed by atoms with van der Waals surface area (Å²) in [5.41, 5.74) is 0.687. The Hall–Kier alpha value is -0.870. The summed E-state index contributed by atoms with van der Waals surface area (Å²) in [5.74, 6) is 0.784. The number of hydrogen-bond donors (Lipinski definition) is 0. The fraction of sp³-hybridized carbons (Fsp3) is 0.500. The second-order valence-electron chi connectivity index (χ2n) is 5.30. The molecule has 0 saturated carbocycles. The molecule has 0 heterocycles. The number of hydrogen-bond acceptors (Lipinski definition) is 3. The van der Waals surface area contributed by atoms with Crippen LogP contribution in [-0.2, 0) is 16.6 Å². The zero-order chi connectivity index (χ0) is 16.2. The number of benzene rings is 1. The van der Waals surface area contributed by atoms with Gasteiger partial charge in [-0.3, -0.25) is 0 Å². The zero-order valence-corrected chi connectivity index (χ0v) is 17.1. The van der Waals surface area contributed by atoms with Gasteiger partial charge in [0.05, 0.1) is 11.4 Å². The molecule has 0 atom stereocenters. The van der Waals surface area contributed by atoms with Gasteiger partial charge in [0.2, 0.25) is 10.0 Å². The van der Waals surface area contributed by atoms with E-state index in [9.17, 15) is 8.42 Å². The van der Waals surface area contributed by atoms with Gasteiger partial charge in [-0.05, 0) is 11.6 Å². The highest BCUT2D eigenvalue weighted by molar-refractivity contribution is 14.0. The molecule has 1 rings (SSSR count). The minimum absolute atomic E-state index is 0. The first-order chi connectivity index (χ1) is 9.67. The molecule has 0 aliphatic rings. The molecule has 126 valence electrons. The number of guanidine groups is 1. The van der Waals surface area contributed by atoms with Gasteiger partial charge in [0.25, 0.3) is 0 Å². The summed E-state index contributed by atoms with van der Waals surface area (Å²) in [6.45, 7) is 0.314. The van der Waals surface area contributed by atoms with Crippen LogP contribution in [0.4, 0.5) is 0 Å². The number of nitrogens with zero attached hydrogens (tertiary/aromatic N) is 4. The Morgan fingerprint density at radius 3 is 1.95 bits per heavy atom. The summed E-state index contributed by atoms with van der Waals surface area (Å²) in [5, 5.41) is 0. The van der Waals surface area contributed by atoms with Crippen molar-refractivity contribution in [3.8, 4) is 0 Å². The van der Waals surface area contributed by atoms with Gasteiger partial charge < -0.3 is 9.80 Å². The molecular weight excluding hydrogens is 415 g/mol. The van der Waals surface area contributed by atoms with Crippen molar-refractivity contribution in [2.45, 2.75) is 11.4 Å². The van der Waals surface area contributed by atoms with Gasteiger partial charge in [-0.1, -0.05) is 18.2 Å². The third-order valence-electron chi connectivity index (χ3n) is 2.92. The summed E-state index contributed by atoms with van der Waals surface area (Å²) in [4.78, 5) is 8.60. The molecule has 0 fully saturated rings. The van der Waals surface area contributed by atoms with E-state index in [2.05, 4.69) is 4.99 Å². The maximum atomic E-state index is 12.3. The van der Waals surface area contributed by atoms with Crippen LogP contribution < -0.4 is 0 Å². The zero-order valence-electron chi connectivity index (χ0n) is 13.9. The first-order valence-electron chi connectivity index (χ1n) is 6.57. The van der Waals surface area contributed by atoms with Crippen LogP contribution in [0.25, 0.3) is 0 Å². The predicted molar refractivity (Wildman–Crippen MR) is 101 cm³/mol. The van der Waals surface area contributed by atoms with Crippen LogP contribution in [0, 0.1) is 0 Å². The van der Waals surface area contributed by atoms with Gasteiger partial charge in [0.1, 0.15) is 0 Å². The summed E-state index contributed by atoms with van der Waals surface area (Å²) in [6.07, 6.45) is 0. The largest absolute Gasteiger partial charge is 0.349 e. The summed E-state index contributed by atoms with van der Waals surface area (Å²) >= 11 is 0. The van der Waals surface area contributed by atoms with Crippen LogP contribution in [0.5, 0.6) is 0 Å². The Balaban J connectivity index is 0.00000441. The SMILES string of the molecule is CN(C)C(=NCc1ccccc1S(=O)(=O)N(C)C)N(C)C.I. The van der Waals surface area contributed by atoms with E-state index in [1.54, 1.807) is 18.2 Å². The lowest BCUT2D eigenvalue weighted by atomic mass is 10.2. The molecular formula is C14H25IN4O2S. The lowest BCUT2D eigenvalue weighted by molar-refractivity contribution is 0.479. The van der Waals surface area contributed by atoms with E-state index in [1.807, 2.05) is 44.1 Å². The van der Waals surface area contributed by atoms with Gasteiger partial charge in [0, 0.05) is 42.3 Å².